The lowest BCUT2D eigenvalue weighted by atomic mass is 10.0. The molecular formula is C13H19NO4. The van der Waals surface area contributed by atoms with E-state index in [0.29, 0.717) is 12.2 Å². The fourth-order valence-corrected chi connectivity index (χ4v) is 1.77. The molecule has 0 spiro atoms. The van der Waals surface area contributed by atoms with Crippen LogP contribution in [0.3, 0.4) is 0 Å². The van der Waals surface area contributed by atoms with Gasteiger partial charge in [-0.2, -0.15) is 0 Å². The molecule has 5 heteroatoms. The van der Waals surface area contributed by atoms with Gasteiger partial charge in [0.1, 0.15) is 0 Å². The van der Waals surface area contributed by atoms with Crippen LogP contribution in [0.4, 0.5) is 0 Å². The maximum atomic E-state index is 10.4. The Morgan fingerprint density at radius 2 is 2.22 bits per heavy atom. The van der Waals surface area contributed by atoms with Crippen molar-refractivity contribution in [1.29, 1.82) is 0 Å². The van der Waals surface area contributed by atoms with E-state index in [9.17, 15) is 9.90 Å². The van der Waals surface area contributed by atoms with Crippen molar-refractivity contribution in [2.75, 3.05) is 7.11 Å². The number of hydrogen-bond donors (Lipinski definition) is 3. The number of benzene rings is 1. The molecule has 4 N–H and O–H groups in total. The Morgan fingerprint density at radius 3 is 2.83 bits per heavy atom. The second-order valence-electron chi connectivity index (χ2n) is 4.26. The van der Waals surface area contributed by atoms with E-state index in [0.717, 1.165) is 18.4 Å². The van der Waals surface area contributed by atoms with Crippen molar-refractivity contribution in [2.45, 2.75) is 31.7 Å². The van der Waals surface area contributed by atoms with E-state index in [1.54, 1.807) is 12.1 Å². The van der Waals surface area contributed by atoms with Gasteiger partial charge >= 0.3 is 5.97 Å². The van der Waals surface area contributed by atoms with Crippen LogP contribution in [0.15, 0.2) is 18.2 Å². The summed E-state index contributed by atoms with van der Waals surface area (Å²) in [5.41, 5.74) is 6.71. The Hall–Kier alpha value is -1.75. The number of phenolic OH excluding ortho intramolecular Hbond substituents is 1. The number of carboxylic acids is 1. The van der Waals surface area contributed by atoms with Gasteiger partial charge in [0.05, 0.1) is 13.5 Å². The minimum atomic E-state index is -0.867. The molecule has 1 aromatic rings. The Kier molecular flexibility index (Phi) is 5.45. The first kappa shape index (κ1) is 14.3. The average molecular weight is 253 g/mol. The van der Waals surface area contributed by atoms with E-state index in [-0.39, 0.29) is 18.2 Å². The zero-order valence-corrected chi connectivity index (χ0v) is 10.4. The highest BCUT2D eigenvalue weighted by Gasteiger charge is 2.08. The predicted octanol–water partition coefficient (Wildman–Crippen LogP) is 1.53. The zero-order chi connectivity index (χ0) is 13.5. The lowest BCUT2D eigenvalue weighted by Crippen LogP contribution is -2.23. The molecule has 0 amide bonds. The van der Waals surface area contributed by atoms with Gasteiger partial charge in [-0.05, 0) is 37.0 Å². The van der Waals surface area contributed by atoms with Crippen LogP contribution >= 0.6 is 0 Å². The molecule has 1 rings (SSSR count). The maximum Gasteiger partial charge on any atom is 0.304 e. The molecule has 100 valence electrons. The molecule has 0 aliphatic heterocycles. The number of aryl methyl sites for hydroxylation is 1. The predicted molar refractivity (Wildman–Crippen MR) is 67.8 cm³/mol. The van der Waals surface area contributed by atoms with Crippen molar-refractivity contribution >= 4 is 5.97 Å². The summed E-state index contributed by atoms with van der Waals surface area (Å²) in [7, 11) is 1.50. The van der Waals surface area contributed by atoms with E-state index < -0.39 is 5.97 Å². The first-order valence-corrected chi connectivity index (χ1v) is 5.86. The lowest BCUT2D eigenvalue weighted by molar-refractivity contribution is -0.137. The van der Waals surface area contributed by atoms with Crippen molar-refractivity contribution < 1.29 is 19.7 Å². The standard InChI is InChI=1S/C13H19NO4/c1-18-12-7-9(5-6-11(12)15)3-2-4-10(14)8-13(16)17/h5-7,10,15H,2-4,8,14H2,1H3,(H,16,17). The molecule has 0 saturated carbocycles. The summed E-state index contributed by atoms with van der Waals surface area (Å²) < 4.78 is 5.01. The van der Waals surface area contributed by atoms with Gasteiger partial charge in [-0.25, -0.2) is 0 Å². The lowest BCUT2D eigenvalue weighted by Gasteiger charge is -2.09. The van der Waals surface area contributed by atoms with E-state index >= 15 is 0 Å². The second-order valence-corrected chi connectivity index (χ2v) is 4.26. The molecule has 0 aliphatic carbocycles. The van der Waals surface area contributed by atoms with Gasteiger partial charge in [-0.1, -0.05) is 6.07 Å². The average Bonchev–Trinajstić information content (AvgIpc) is 2.30. The summed E-state index contributed by atoms with van der Waals surface area (Å²) in [5.74, 6) is -0.306. The van der Waals surface area contributed by atoms with Crippen molar-refractivity contribution in [3.8, 4) is 11.5 Å². The molecule has 0 heterocycles. The van der Waals surface area contributed by atoms with Gasteiger partial charge in [0.2, 0.25) is 0 Å². The smallest absolute Gasteiger partial charge is 0.304 e. The molecule has 1 aromatic carbocycles. The molecule has 0 aromatic heterocycles. The van der Waals surface area contributed by atoms with Crippen LogP contribution in [0, 0.1) is 0 Å². The van der Waals surface area contributed by atoms with Crippen LogP contribution in [0.1, 0.15) is 24.8 Å². The number of aliphatic carboxylic acids is 1. The van der Waals surface area contributed by atoms with Crippen LogP contribution in [0.2, 0.25) is 0 Å². The van der Waals surface area contributed by atoms with Gasteiger partial charge in [0.25, 0.3) is 0 Å². The van der Waals surface area contributed by atoms with E-state index in [2.05, 4.69) is 0 Å². The zero-order valence-electron chi connectivity index (χ0n) is 10.4. The molecule has 0 saturated heterocycles. The molecule has 1 atom stereocenters. The molecule has 0 fully saturated rings. The molecule has 5 nitrogen and oxygen atoms in total. The molecule has 0 bridgehead atoms. The van der Waals surface area contributed by atoms with Gasteiger partial charge in [0, 0.05) is 6.04 Å². The van der Waals surface area contributed by atoms with Crippen LogP contribution in [-0.2, 0) is 11.2 Å². The summed E-state index contributed by atoms with van der Waals surface area (Å²) >= 11 is 0. The summed E-state index contributed by atoms with van der Waals surface area (Å²) in [6.45, 7) is 0. The number of rotatable bonds is 7. The van der Waals surface area contributed by atoms with Gasteiger partial charge in [0.15, 0.2) is 11.5 Å². The maximum absolute atomic E-state index is 10.4. The molecule has 1 unspecified atom stereocenters. The number of aromatic hydroxyl groups is 1. The number of nitrogens with two attached hydrogens (primary N) is 1. The van der Waals surface area contributed by atoms with Gasteiger partial charge in [-0.3, -0.25) is 4.79 Å². The number of hydrogen-bond acceptors (Lipinski definition) is 4. The van der Waals surface area contributed by atoms with Crippen molar-refractivity contribution in [2.24, 2.45) is 5.73 Å². The molecule has 18 heavy (non-hydrogen) atoms. The minimum Gasteiger partial charge on any atom is -0.504 e. The van der Waals surface area contributed by atoms with Crippen LogP contribution in [0.5, 0.6) is 11.5 Å². The Balaban J connectivity index is 2.42. The summed E-state index contributed by atoms with van der Waals surface area (Å²) in [6, 6.07) is 4.88. The SMILES string of the molecule is COc1cc(CCCC(N)CC(=O)O)ccc1O. The fraction of sp³-hybridized carbons (Fsp3) is 0.462. The Morgan fingerprint density at radius 1 is 1.50 bits per heavy atom. The van der Waals surface area contributed by atoms with Crippen molar-refractivity contribution in [1.82, 2.24) is 0 Å². The summed E-state index contributed by atoms with van der Waals surface area (Å²) in [5, 5.41) is 18.0. The third kappa shape index (κ3) is 4.63. The van der Waals surface area contributed by atoms with Gasteiger partial charge < -0.3 is 20.7 Å². The molecular weight excluding hydrogens is 234 g/mol. The van der Waals surface area contributed by atoms with E-state index in [1.807, 2.05) is 6.07 Å². The third-order valence-corrected chi connectivity index (χ3v) is 2.72. The normalized spacial score (nSPS) is 12.1. The third-order valence-electron chi connectivity index (χ3n) is 2.72. The largest absolute Gasteiger partial charge is 0.504 e. The highest BCUT2D eigenvalue weighted by atomic mass is 16.5. The number of phenols is 1. The molecule has 0 radical (unpaired) electrons. The first-order valence-electron chi connectivity index (χ1n) is 5.86. The van der Waals surface area contributed by atoms with Crippen LogP contribution in [0.25, 0.3) is 0 Å². The van der Waals surface area contributed by atoms with Crippen molar-refractivity contribution in [3.63, 3.8) is 0 Å². The second kappa shape index (κ2) is 6.86. The number of carboxylic acid groups (broad SMARTS) is 1. The molecule has 0 aliphatic rings. The first-order chi connectivity index (χ1) is 8.52. The minimum absolute atomic E-state index is 0.00109. The quantitative estimate of drug-likeness (QED) is 0.685. The number of ether oxygens (including phenoxy) is 1. The van der Waals surface area contributed by atoms with E-state index in [1.165, 1.54) is 7.11 Å². The summed E-state index contributed by atoms with van der Waals surface area (Å²) in [4.78, 5) is 10.4. The van der Waals surface area contributed by atoms with Crippen LogP contribution in [-0.4, -0.2) is 29.3 Å². The topological polar surface area (TPSA) is 92.8 Å². The van der Waals surface area contributed by atoms with E-state index in [4.69, 9.17) is 15.6 Å². The monoisotopic (exact) mass is 253 g/mol. The Labute approximate surface area is 106 Å². The van der Waals surface area contributed by atoms with Crippen molar-refractivity contribution in [3.05, 3.63) is 23.8 Å². The highest BCUT2D eigenvalue weighted by Crippen LogP contribution is 2.26. The summed E-state index contributed by atoms with van der Waals surface area (Å²) in [6.07, 6.45) is 2.25. The van der Waals surface area contributed by atoms with Gasteiger partial charge in [-0.15, -0.1) is 0 Å². The number of methoxy groups -OCH3 is 1. The Bertz CT molecular complexity index is 406. The fourth-order valence-electron chi connectivity index (χ4n) is 1.77. The highest BCUT2D eigenvalue weighted by molar-refractivity contribution is 5.67. The van der Waals surface area contributed by atoms with Crippen LogP contribution < -0.4 is 10.5 Å². The number of carbonyl (C=O) groups is 1.